The highest BCUT2D eigenvalue weighted by atomic mass is 35.5. The van der Waals surface area contributed by atoms with Gasteiger partial charge in [-0.15, -0.1) is 0 Å². The van der Waals surface area contributed by atoms with Crippen molar-refractivity contribution in [2.75, 3.05) is 14.2 Å². The van der Waals surface area contributed by atoms with Gasteiger partial charge < -0.3 is 9.47 Å². The maximum Gasteiger partial charge on any atom is 0.136 e. The molecule has 0 radical (unpaired) electrons. The number of ether oxygens (including phenoxy) is 2. The van der Waals surface area contributed by atoms with Gasteiger partial charge in [-0.3, -0.25) is 0 Å². The number of nitrogens with zero attached hydrogens (tertiary/aromatic N) is 1. The Morgan fingerprint density at radius 2 is 1.59 bits per heavy atom. The Bertz CT molecular complexity index is 827. The molecule has 0 unspecified atom stereocenters. The average Bonchev–Trinajstić information content (AvgIpc) is 2.57. The van der Waals surface area contributed by atoms with Crippen LogP contribution in [0.25, 0.3) is 21.9 Å². The molecule has 3 rings (SSSR count). The second kappa shape index (κ2) is 6.03. The van der Waals surface area contributed by atoms with E-state index in [0.29, 0.717) is 10.2 Å². The van der Waals surface area contributed by atoms with Crippen molar-refractivity contribution in [2.24, 2.45) is 0 Å². The summed E-state index contributed by atoms with van der Waals surface area (Å²) in [6.45, 7) is 0. The monoisotopic (exact) mass is 333 g/mol. The lowest BCUT2D eigenvalue weighted by Gasteiger charge is -2.14. The van der Waals surface area contributed by atoms with E-state index in [0.717, 1.165) is 33.4 Å². The zero-order chi connectivity index (χ0) is 15.7. The van der Waals surface area contributed by atoms with E-state index in [-0.39, 0.29) is 0 Å². The summed E-state index contributed by atoms with van der Waals surface area (Å²) in [5.74, 6) is 1.45. The van der Waals surface area contributed by atoms with Crippen molar-refractivity contribution in [1.29, 1.82) is 0 Å². The van der Waals surface area contributed by atoms with Crippen molar-refractivity contribution in [3.8, 4) is 22.6 Å². The highest BCUT2D eigenvalue weighted by Gasteiger charge is 2.14. The number of rotatable bonds is 3. The Balaban J connectivity index is 2.30. The summed E-state index contributed by atoms with van der Waals surface area (Å²) in [6.07, 6.45) is 1.55. The molecule has 0 atom stereocenters. The van der Waals surface area contributed by atoms with Gasteiger partial charge in [0.05, 0.1) is 24.8 Å². The summed E-state index contributed by atoms with van der Waals surface area (Å²) >= 11 is 12.4. The lowest BCUT2D eigenvalue weighted by molar-refractivity contribution is 0.397. The van der Waals surface area contributed by atoms with Crippen LogP contribution in [0.2, 0.25) is 10.2 Å². The van der Waals surface area contributed by atoms with Gasteiger partial charge in [-0.25, -0.2) is 4.98 Å². The molecule has 0 N–H and O–H groups in total. The van der Waals surface area contributed by atoms with E-state index < -0.39 is 0 Å². The lowest BCUT2D eigenvalue weighted by Crippen LogP contribution is -1.93. The molecule has 112 valence electrons. The molecule has 0 aliphatic carbocycles. The van der Waals surface area contributed by atoms with E-state index in [1.807, 2.05) is 36.4 Å². The maximum absolute atomic E-state index is 6.20. The largest absolute Gasteiger partial charge is 0.496 e. The quantitative estimate of drug-likeness (QED) is 0.615. The molecule has 5 heteroatoms. The smallest absolute Gasteiger partial charge is 0.136 e. The molecule has 22 heavy (non-hydrogen) atoms. The number of benzene rings is 2. The molecule has 0 amide bonds. The third-order valence-corrected chi connectivity index (χ3v) is 4.11. The van der Waals surface area contributed by atoms with Gasteiger partial charge in [-0.2, -0.15) is 0 Å². The lowest BCUT2D eigenvalue weighted by atomic mass is 10.0. The van der Waals surface area contributed by atoms with Crippen molar-refractivity contribution in [3.63, 3.8) is 0 Å². The van der Waals surface area contributed by atoms with Crippen LogP contribution in [0, 0.1) is 0 Å². The summed E-state index contributed by atoms with van der Waals surface area (Å²) in [5, 5.41) is 2.63. The Morgan fingerprint density at radius 3 is 2.23 bits per heavy atom. The van der Waals surface area contributed by atoms with Crippen LogP contribution in [0.3, 0.4) is 0 Å². The molecule has 2 aromatic carbocycles. The minimum absolute atomic E-state index is 0.412. The first kappa shape index (κ1) is 14.9. The molecule has 0 aliphatic heterocycles. The van der Waals surface area contributed by atoms with Crippen molar-refractivity contribution in [3.05, 3.63) is 52.8 Å². The van der Waals surface area contributed by atoms with Crippen LogP contribution < -0.4 is 9.47 Å². The van der Waals surface area contributed by atoms with Gasteiger partial charge in [0.15, 0.2) is 0 Å². The summed E-state index contributed by atoms with van der Waals surface area (Å²) in [4.78, 5) is 4.10. The van der Waals surface area contributed by atoms with Gasteiger partial charge in [-0.1, -0.05) is 41.4 Å². The molecule has 1 heterocycles. The summed E-state index contributed by atoms with van der Waals surface area (Å²) in [6, 6.07) is 11.5. The fraction of sp³-hybridized carbons (Fsp3) is 0.118. The van der Waals surface area contributed by atoms with Crippen molar-refractivity contribution in [1.82, 2.24) is 4.98 Å². The average molecular weight is 334 g/mol. The number of hydrogen-bond donors (Lipinski definition) is 0. The molecule has 3 aromatic rings. The third-order valence-electron chi connectivity index (χ3n) is 3.51. The van der Waals surface area contributed by atoms with Crippen LogP contribution in [0.4, 0.5) is 0 Å². The zero-order valence-corrected chi connectivity index (χ0v) is 13.6. The molecule has 0 saturated carbocycles. The standard InChI is InChI=1S/C17H13Cl2NO2/c1-21-14-4-3-5-15(22-2)16(14)10-6-7-11-12(8-10)17(19)20-9-13(11)18/h3-9H,1-2H3. The van der Waals surface area contributed by atoms with Gasteiger partial charge >= 0.3 is 0 Å². The van der Waals surface area contributed by atoms with Crippen LogP contribution in [0.5, 0.6) is 11.5 Å². The number of fused-ring (bicyclic) bond motifs is 1. The highest BCUT2D eigenvalue weighted by Crippen LogP contribution is 2.40. The molecule has 0 saturated heterocycles. The van der Waals surface area contributed by atoms with Crippen molar-refractivity contribution in [2.45, 2.75) is 0 Å². The number of halogens is 2. The van der Waals surface area contributed by atoms with Crippen LogP contribution in [-0.2, 0) is 0 Å². The first-order chi connectivity index (χ1) is 10.7. The second-order valence-electron chi connectivity index (χ2n) is 4.69. The minimum atomic E-state index is 0.412. The molecular weight excluding hydrogens is 321 g/mol. The van der Waals surface area contributed by atoms with E-state index in [1.54, 1.807) is 20.4 Å². The number of pyridine rings is 1. The van der Waals surface area contributed by atoms with Crippen LogP contribution in [-0.4, -0.2) is 19.2 Å². The number of hydrogen-bond acceptors (Lipinski definition) is 3. The van der Waals surface area contributed by atoms with Gasteiger partial charge in [-0.05, 0) is 23.8 Å². The van der Waals surface area contributed by atoms with E-state index in [4.69, 9.17) is 32.7 Å². The third kappa shape index (κ3) is 2.47. The second-order valence-corrected chi connectivity index (χ2v) is 5.46. The fourth-order valence-corrected chi connectivity index (χ4v) is 2.89. The topological polar surface area (TPSA) is 31.4 Å². The minimum Gasteiger partial charge on any atom is -0.496 e. The van der Waals surface area contributed by atoms with E-state index in [1.165, 1.54) is 0 Å². The van der Waals surface area contributed by atoms with Crippen LogP contribution in [0.1, 0.15) is 0 Å². The molecule has 0 fully saturated rings. The Hall–Kier alpha value is -1.97. The molecule has 1 aromatic heterocycles. The summed E-state index contributed by atoms with van der Waals surface area (Å²) in [7, 11) is 3.26. The fourth-order valence-electron chi connectivity index (χ4n) is 2.47. The van der Waals surface area contributed by atoms with Crippen LogP contribution >= 0.6 is 23.2 Å². The van der Waals surface area contributed by atoms with E-state index in [9.17, 15) is 0 Å². The van der Waals surface area contributed by atoms with Gasteiger partial charge in [0.2, 0.25) is 0 Å². The molecule has 0 aliphatic rings. The first-order valence-electron chi connectivity index (χ1n) is 6.61. The van der Waals surface area contributed by atoms with Gasteiger partial charge in [0, 0.05) is 17.0 Å². The number of aromatic nitrogens is 1. The molecule has 0 spiro atoms. The zero-order valence-electron chi connectivity index (χ0n) is 12.1. The Kier molecular flexibility index (Phi) is 4.10. The van der Waals surface area contributed by atoms with Crippen molar-refractivity contribution >= 4 is 34.0 Å². The van der Waals surface area contributed by atoms with E-state index in [2.05, 4.69) is 4.98 Å². The maximum atomic E-state index is 6.20. The summed E-state index contributed by atoms with van der Waals surface area (Å²) < 4.78 is 10.9. The highest BCUT2D eigenvalue weighted by molar-refractivity contribution is 6.39. The molecule has 3 nitrogen and oxygen atoms in total. The van der Waals surface area contributed by atoms with E-state index >= 15 is 0 Å². The summed E-state index contributed by atoms with van der Waals surface area (Å²) in [5.41, 5.74) is 1.79. The van der Waals surface area contributed by atoms with Crippen molar-refractivity contribution < 1.29 is 9.47 Å². The predicted molar refractivity (Wildman–Crippen MR) is 90.3 cm³/mol. The first-order valence-corrected chi connectivity index (χ1v) is 7.36. The van der Waals surface area contributed by atoms with Gasteiger partial charge in [0.1, 0.15) is 16.7 Å². The SMILES string of the molecule is COc1cccc(OC)c1-c1ccc2c(Cl)cnc(Cl)c2c1. The Morgan fingerprint density at radius 1 is 0.909 bits per heavy atom. The Labute approximate surface area is 138 Å². The molecular formula is C17H13Cl2NO2. The normalized spacial score (nSPS) is 10.7. The predicted octanol–water partition coefficient (Wildman–Crippen LogP) is 5.23. The number of methoxy groups -OCH3 is 2. The molecule has 0 bridgehead atoms. The van der Waals surface area contributed by atoms with Gasteiger partial charge in [0.25, 0.3) is 0 Å². The van der Waals surface area contributed by atoms with Crippen LogP contribution in [0.15, 0.2) is 42.6 Å².